The highest BCUT2D eigenvalue weighted by Crippen LogP contribution is 2.39. The van der Waals surface area contributed by atoms with Gasteiger partial charge in [0.1, 0.15) is 25.0 Å². The van der Waals surface area contributed by atoms with Crippen molar-refractivity contribution in [3.63, 3.8) is 0 Å². The van der Waals surface area contributed by atoms with E-state index in [0.717, 1.165) is 30.7 Å². The van der Waals surface area contributed by atoms with Crippen LogP contribution in [0.5, 0.6) is 5.75 Å². The van der Waals surface area contributed by atoms with Crippen molar-refractivity contribution in [2.24, 2.45) is 5.92 Å². The quantitative estimate of drug-likeness (QED) is 0.876. The number of nitrogens with zero attached hydrogens (tertiary/aromatic N) is 3. The van der Waals surface area contributed by atoms with Crippen LogP contribution < -0.4 is 10.1 Å². The fourth-order valence-corrected chi connectivity index (χ4v) is 3.42. The van der Waals surface area contributed by atoms with Crippen LogP contribution in [0.15, 0.2) is 36.9 Å². The van der Waals surface area contributed by atoms with Crippen LogP contribution in [0, 0.1) is 5.92 Å². The molecule has 7 heteroatoms. The van der Waals surface area contributed by atoms with Crippen molar-refractivity contribution in [2.45, 2.75) is 38.0 Å². The van der Waals surface area contributed by atoms with E-state index in [2.05, 4.69) is 15.4 Å². The van der Waals surface area contributed by atoms with Crippen LogP contribution in [0.2, 0.25) is 0 Å². The zero-order valence-corrected chi connectivity index (χ0v) is 13.3. The summed E-state index contributed by atoms with van der Waals surface area (Å²) in [5.74, 6) is 0.736. The second-order valence-electron chi connectivity index (χ2n) is 6.24. The summed E-state index contributed by atoms with van der Waals surface area (Å²) in [6.45, 7) is 1.11. The lowest BCUT2D eigenvalue weighted by Crippen LogP contribution is -2.30. The number of hydrogen-bond acceptors (Lipinski definition) is 5. The number of anilines is 1. The van der Waals surface area contributed by atoms with Gasteiger partial charge in [0.25, 0.3) is 0 Å². The number of hydrogen-bond donors (Lipinski definition) is 1. The molecule has 7 nitrogen and oxygen atoms in total. The van der Waals surface area contributed by atoms with Gasteiger partial charge in [0.2, 0.25) is 5.91 Å². The number of fused-ring (bicyclic) bond motifs is 2. The molecule has 2 bridgehead atoms. The molecule has 2 aliphatic heterocycles. The third kappa shape index (κ3) is 3.26. The summed E-state index contributed by atoms with van der Waals surface area (Å²) in [4.78, 5) is 16.3. The van der Waals surface area contributed by atoms with Gasteiger partial charge in [-0.3, -0.25) is 4.79 Å². The van der Waals surface area contributed by atoms with E-state index in [1.54, 1.807) is 11.0 Å². The molecule has 4 rings (SSSR count). The standard InChI is InChI=1S/C17H20N4O3/c22-17(15-9-14-4-5-16(15)24-14)20-12-2-1-3-13(8-12)23-7-6-21-11-18-10-19-21/h1-3,8,10-11,14-16H,4-7,9H2,(H,20,22)/t14-,15-,16+/m1/s1. The fraction of sp³-hybridized carbons (Fsp3) is 0.471. The lowest BCUT2D eigenvalue weighted by atomic mass is 9.88. The molecule has 0 aliphatic carbocycles. The Morgan fingerprint density at radius 1 is 1.42 bits per heavy atom. The Morgan fingerprint density at radius 2 is 2.38 bits per heavy atom. The number of ether oxygens (including phenoxy) is 2. The number of carbonyl (C=O) groups is 1. The van der Waals surface area contributed by atoms with Crippen molar-refractivity contribution in [1.29, 1.82) is 0 Å². The van der Waals surface area contributed by atoms with Gasteiger partial charge in [0.15, 0.2) is 0 Å². The molecular weight excluding hydrogens is 308 g/mol. The van der Waals surface area contributed by atoms with E-state index in [9.17, 15) is 4.79 Å². The molecular formula is C17H20N4O3. The second kappa shape index (κ2) is 6.60. The number of benzene rings is 1. The van der Waals surface area contributed by atoms with E-state index in [1.165, 1.54) is 6.33 Å². The monoisotopic (exact) mass is 328 g/mol. The highest BCUT2D eigenvalue weighted by Gasteiger charge is 2.44. The molecule has 2 aliphatic rings. The zero-order chi connectivity index (χ0) is 16.4. The molecule has 24 heavy (non-hydrogen) atoms. The predicted octanol–water partition coefficient (Wildman–Crippen LogP) is 1.86. The number of aromatic nitrogens is 3. The fourth-order valence-electron chi connectivity index (χ4n) is 3.42. The molecule has 2 fully saturated rings. The molecule has 2 saturated heterocycles. The van der Waals surface area contributed by atoms with Gasteiger partial charge in [-0.25, -0.2) is 9.67 Å². The maximum absolute atomic E-state index is 12.4. The Balaban J connectivity index is 1.31. The predicted molar refractivity (Wildman–Crippen MR) is 86.6 cm³/mol. The molecule has 0 spiro atoms. The molecule has 1 aromatic carbocycles. The van der Waals surface area contributed by atoms with Gasteiger partial charge in [-0.1, -0.05) is 6.07 Å². The average Bonchev–Trinajstić information content (AvgIpc) is 3.33. The van der Waals surface area contributed by atoms with E-state index in [4.69, 9.17) is 9.47 Å². The largest absolute Gasteiger partial charge is 0.492 e. The van der Waals surface area contributed by atoms with Gasteiger partial charge in [-0.15, -0.1) is 0 Å². The molecule has 0 unspecified atom stereocenters. The molecule has 126 valence electrons. The second-order valence-corrected chi connectivity index (χ2v) is 6.24. The molecule has 3 heterocycles. The van der Waals surface area contributed by atoms with E-state index in [0.29, 0.717) is 13.2 Å². The molecule has 1 N–H and O–H groups in total. The summed E-state index contributed by atoms with van der Waals surface area (Å²) in [5.41, 5.74) is 0.751. The summed E-state index contributed by atoms with van der Waals surface area (Å²) in [5, 5.41) is 7.01. The molecule has 1 amide bonds. The van der Waals surface area contributed by atoms with E-state index < -0.39 is 0 Å². The van der Waals surface area contributed by atoms with E-state index in [-0.39, 0.29) is 24.0 Å². The first-order valence-electron chi connectivity index (χ1n) is 8.29. The SMILES string of the molecule is O=C(Nc1cccc(OCCn2cncn2)c1)[C@@H]1C[C@H]2CC[C@@H]1O2. The van der Waals surface area contributed by atoms with E-state index >= 15 is 0 Å². The van der Waals surface area contributed by atoms with Crippen molar-refractivity contribution in [3.05, 3.63) is 36.9 Å². The van der Waals surface area contributed by atoms with Crippen molar-refractivity contribution >= 4 is 11.6 Å². The first kappa shape index (κ1) is 15.1. The Morgan fingerprint density at radius 3 is 3.12 bits per heavy atom. The normalized spacial score (nSPS) is 24.9. The summed E-state index contributed by atoms with van der Waals surface area (Å²) >= 11 is 0. The number of amides is 1. The first-order chi connectivity index (χ1) is 11.8. The Kier molecular flexibility index (Phi) is 4.17. The van der Waals surface area contributed by atoms with Gasteiger partial charge >= 0.3 is 0 Å². The highest BCUT2D eigenvalue weighted by molar-refractivity contribution is 5.93. The number of nitrogens with one attached hydrogen (secondary N) is 1. The van der Waals surface area contributed by atoms with Crippen LogP contribution in [0.25, 0.3) is 0 Å². The van der Waals surface area contributed by atoms with Gasteiger partial charge in [-0.05, 0) is 31.4 Å². The summed E-state index contributed by atoms with van der Waals surface area (Å²) in [6, 6.07) is 7.46. The van der Waals surface area contributed by atoms with Gasteiger partial charge in [0, 0.05) is 11.8 Å². The highest BCUT2D eigenvalue weighted by atomic mass is 16.5. The first-order valence-corrected chi connectivity index (χ1v) is 8.29. The Labute approximate surface area is 140 Å². The zero-order valence-electron chi connectivity index (χ0n) is 13.3. The Bertz CT molecular complexity index is 704. The van der Waals surface area contributed by atoms with Crippen LogP contribution in [-0.4, -0.2) is 39.5 Å². The van der Waals surface area contributed by atoms with E-state index in [1.807, 2.05) is 24.3 Å². The number of rotatable bonds is 6. The average molecular weight is 328 g/mol. The minimum Gasteiger partial charge on any atom is -0.492 e. The third-order valence-electron chi connectivity index (χ3n) is 4.60. The smallest absolute Gasteiger partial charge is 0.230 e. The van der Waals surface area contributed by atoms with Crippen molar-refractivity contribution < 1.29 is 14.3 Å². The topological polar surface area (TPSA) is 78.3 Å². The van der Waals surface area contributed by atoms with Gasteiger partial charge < -0.3 is 14.8 Å². The van der Waals surface area contributed by atoms with Crippen LogP contribution in [0.3, 0.4) is 0 Å². The van der Waals surface area contributed by atoms with Gasteiger partial charge in [0.05, 0.1) is 24.7 Å². The lowest BCUT2D eigenvalue weighted by Gasteiger charge is -2.18. The summed E-state index contributed by atoms with van der Waals surface area (Å²) < 4.78 is 13.2. The summed E-state index contributed by atoms with van der Waals surface area (Å²) in [7, 11) is 0. The minimum absolute atomic E-state index is 0.0272. The molecule has 2 aromatic rings. The van der Waals surface area contributed by atoms with Crippen LogP contribution in [0.1, 0.15) is 19.3 Å². The molecule has 3 atom stereocenters. The van der Waals surface area contributed by atoms with Gasteiger partial charge in [-0.2, -0.15) is 5.10 Å². The maximum Gasteiger partial charge on any atom is 0.230 e. The maximum atomic E-state index is 12.4. The van der Waals surface area contributed by atoms with Crippen LogP contribution in [0.4, 0.5) is 5.69 Å². The van der Waals surface area contributed by atoms with Crippen LogP contribution >= 0.6 is 0 Å². The minimum atomic E-state index is -0.0272. The summed E-state index contributed by atoms with van der Waals surface area (Å²) in [6.07, 6.45) is 6.43. The lowest BCUT2D eigenvalue weighted by molar-refractivity contribution is -0.121. The van der Waals surface area contributed by atoms with Crippen LogP contribution in [-0.2, 0) is 16.1 Å². The van der Waals surface area contributed by atoms with Crippen molar-refractivity contribution in [2.75, 3.05) is 11.9 Å². The molecule has 1 aromatic heterocycles. The molecule has 0 saturated carbocycles. The number of carbonyl (C=O) groups excluding carboxylic acids is 1. The Hall–Kier alpha value is -2.41. The van der Waals surface area contributed by atoms with Crippen molar-refractivity contribution in [1.82, 2.24) is 14.8 Å². The molecule has 0 radical (unpaired) electrons. The van der Waals surface area contributed by atoms with Crippen molar-refractivity contribution in [3.8, 4) is 5.75 Å². The third-order valence-corrected chi connectivity index (χ3v) is 4.60.